The van der Waals surface area contributed by atoms with Crippen LogP contribution in [0.25, 0.3) is 6.08 Å². The van der Waals surface area contributed by atoms with E-state index in [1.165, 1.54) is 0 Å². The Bertz CT molecular complexity index is 874. The second kappa shape index (κ2) is 9.67. The lowest BCUT2D eigenvalue weighted by molar-refractivity contribution is -0.127. The third-order valence-electron chi connectivity index (χ3n) is 7.21. The van der Waals surface area contributed by atoms with E-state index in [1.54, 1.807) is 0 Å². The maximum Gasteiger partial charge on any atom is 0.258 e. The number of nitrogens with zero attached hydrogens (tertiary/aromatic N) is 2. The SMILES string of the molecule is C/C=C\c1ccc2n(c1=O)C[C@H]1[C@H](CO)[C@@H](C(=O)NCCC)[C@@H]2N1CC1CCOCC1. The summed E-state index contributed by atoms with van der Waals surface area (Å²) in [6.07, 6.45) is 6.60. The molecule has 7 heteroatoms. The van der Waals surface area contributed by atoms with Gasteiger partial charge in [0.1, 0.15) is 0 Å². The molecule has 31 heavy (non-hydrogen) atoms. The fourth-order valence-electron chi connectivity index (χ4n) is 5.69. The van der Waals surface area contributed by atoms with E-state index in [2.05, 4.69) is 10.2 Å². The summed E-state index contributed by atoms with van der Waals surface area (Å²) in [5, 5.41) is 13.4. The molecule has 0 aliphatic carbocycles. The van der Waals surface area contributed by atoms with Crippen LogP contribution >= 0.6 is 0 Å². The Morgan fingerprint density at radius 2 is 2.10 bits per heavy atom. The van der Waals surface area contributed by atoms with Gasteiger partial charge in [0.25, 0.3) is 5.56 Å². The summed E-state index contributed by atoms with van der Waals surface area (Å²) in [7, 11) is 0. The number of pyridine rings is 1. The van der Waals surface area contributed by atoms with Crippen molar-refractivity contribution in [1.82, 2.24) is 14.8 Å². The predicted octanol–water partition coefficient (Wildman–Crippen LogP) is 1.80. The Morgan fingerprint density at radius 3 is 2.77 bits per heavy atom. The van der Waals surface area contributed by atoms with Crippen LogP contribution in [0.5, 0.6) is 0 Å². The molecule has 2 saturated heterocycles. The maximum atomic E-state index is 13.3. The van der Waals surface area contributed by atoms with Crippen LogP contribution in [0, 0.1) is 17.8 Å². The van der Waals surface area contributed by atoms with Gasteiger partial charge in [0, 0.05) is 62.7 Å². The van der Waals surface area contributed by atoms with E-state index in [4.69, 9.17) is 4.74 Å². The summed E-state index contributed by atoms with van der Waals surface area (Å²) in [6, 6.07) is 3.66. The molecule has 7 nitrogen and oxygen atoms in total. The maximum absolute atomic E-state index is 13.3. The quantitative estimate of drug-likeness (QED) is 0.691. The number of carbonyl (C=O) groups excluding carboxylic acids is 1. The zero-order valence-electron chi connectivity index (χ0n) is 18.6. The highest BCUT2D eigenvalue weighted by Gasteiger charge is 2.55. The van der Waals surface area contributed by atoms with E-state index in [0.717, 1.165) is 44.7 Å². The number of carbonyl (C=O) groups is 1. The number of aliphatic hydroxyl groups is 1. The average Bonchev–Trinajstić information content (AvgIpc) is 2.99. The molecule has 4 atom stereocenters. The summed E-state index contributed by atoms with van der Waals surface area (Å²) in [5.41, 5.74) is 1.55. The molecule has 4 rings (SSSR count). The molecule has 1 amide bonds. The lowest BCUT2D eigenvalue weighted by Gasteiger charge is -2.40. The molecule has 4 heterocycles. The third kappa shape index (κ3) is 4.11. The Labute approximate surface area is 184 Å². The first kappa shape index (κ1) is 22.2. The minimum absolute atomic E-state index is 0.0104. The average molecular weight is 430 g/mol. The highest BCUT2D eigenvalue weighted by molar-refractivity contribution is 5.80. The highest BCUT2D eigenvalue weighted by Crippen LogP contribution is 2.48. The van der Waals surface area contributed by atoms with Crippen molar-refractivity contribution in [2.45, 2.75) is 51.7 Å². The van der Waals surface area contributed by atoms with Gasteiger partial charge in [-0.25, -0.2) is 0 Å². The van der Waals surface area contributed by atoms with Crippen LogP contribution in [0.1, 0.15) is 50.4 Å². The molecule has 2 fully saturated rings. The van der Waals surface area contributed by atoms with Gasteiger partial charge in [0.2, 0.25) is 5.91 Å². The van der Waals surface area contributed by atoms with Gasteiger partial charge in [-0.1, -0.05) is 19.1 Å². The molecule has 3 aliphatic rings. The first-order valence-corrected chi connectivity index (χ1v) is 11.7. The molecule has 0 saturated carbocycles. The van der Waals surface area contributed by atoms with Crippen molar-refractivity contribution < 1.29 is 14.6 Å². The van der Waals surface area contributed by atoms with Gasteiger partial charge in [-0.15, -0.1) is 0 Å². The van der Waals surface area contributed by atoms with Gasteiger partial charge in [0.05, 0.1) is 12.0 Å². The Kier molecular flexibility index (Phi) is 6.94. The number of fused-ring (bicyclic) bond motifs is 4. The molecule has 2 N–H and O–H groups in total. The van der Waals surface area contributed by atoms with Gasteiger partial charge in [0.15, 0.2) is 0 Å². The topological polar surface area (TPSA) is 83.8 Å². The molecular formula is C24H35N3O4. The van der Waals surface area contributed by atoms with Gasteiger partial charge < -0.3 is 19.7 Å². The standard InChI is InChI=1S/C24H35N3O4/c1-3-5-17-6-7-19-22-21(23(29)25-10-4-2)18(15-28)20(14-27(19)24(17)30)26(22)13-16-8-11-31-12-9-16/h3,5-7,16,18,20-22,28H,4,8-15H2,1-2H3,(H,25,29)/b5-3-/t18-,20-,21+,22+/m0/s1. The molecule has 3 aliphatic heterocycles. The number of hydrogen-bond acceptors (Lipinski definition) is 5. The van der Waals surface area contributed by atoms with Gasteiger partial charge in [-0.05, 0) is 44.2 Å². The van der Waals surface area contributed by atoms with Crippen molar-refractivity contribution in [3.8, 4) is 0 Å². The van der Waals surface area contributed by atoms with E-state index in [-0.39, 0.29) is 42.0 Å². The van der Waals surface area contributed by atoms with E-state index < -0.39 is 0 Å². The molecular weight excluding hydrogens is 394 g/mol. The second-order valence-electron chi connectivity index (χ2n) is 9.06. The smallest absolute Gasteiger partial charge is 0.258 e. The van der Waals surface area contributed by atoms with Crippen LogP contribution in [-0.4, -0.2) is 59.4 Å². The highest BCUT2D eigenvalue weighted by atomic mass is 16.5. The van der Waals surface area contributed by atoms with E-state index in [1.807, 2.05) is 42.7 Å². The van der Waals surface area contributed by atoms with Crippen molar-refractivity contribution >= 4 is 12.0 Å². The molecule has 0 radical (unpaired) electrons. The largest absolute Gasteiger partial charge is 0.396 e. The number of amides is 1. The number of hydrogen-bond donors (Lipinski definition) is 2. The van der Waals surface area contributed by atoms with E-state index >= 15 is 0 Å². The molecule has 0 aromatic carbocycles. The summed E-state index contributed by atoms with van der Waals surface area (Å²) in [5.74, 6) is -0.0480. The van der Waals surface area contributed by atoms with Crippen LogP contribution in [0.4, 0.5) is 0 Å². The minimum atomic E-state index is -0.359. The lowest BCUT2D eigenvalue weighted by Crippen LogP contribution is -2.48. The normalized spacial score (nSPS) is 28.7. The molecule has 2 bridgehead atoms. The predicted molar refractivity (Wildman–Crippen MR) is 120 cm³/mol. The first-order valence-electron chi connectivity index (χ1n) is 11.7. The zero-order chi connectivity index (χ0) is 22.0. The van der Waals surface area contributed by atoms with Crippen molar-refractivity contribution in [3.63, 3.8) is 0 Å². The van der Waals surface area contributed by atoms with Crippen molar-refractivity contribution in [2.75, 3.05) is 32.9 Å². The van der Waals surface area contributed by atoms with Crippen molar-refractivity contribution in [2.24, 2.45) is 17.8 Å². The van der Waals surface area contributed by atoms with Crippen LogP contribution in [-0.2, 0) is 16.1 Å². The van der Waals surface area contributed by atoms with Crippen LogP contribution < -0.4 is 10.9 Å². The second-order valence-corrected chi connectivity index (χ2v) is 9.06. The first-order chi connectivity index (χ1) is 15.1. The fraction of sp³-hybridized carbons (Fsp3) is 0.667. The van der Waals surface area contributed by atoms with Crippen molar-refractivity contribution in [3.05, 3.63) is 39.8 Å². The molecule has 170 valence electrons. The zero-order valence-corrected chi connectivity index (χ0v) is 18.6. The monoisotopic (exact) mass is 429 g/mol. The summed E-state index contributed by atoms with van der Waals surface area (Å²) in [4.78, 5) is 28.8. The lowest BCUT2D eigenvalue weighted by atomic mass is 9.86. The van der Waals surface area contributed by atoms with Gasteiger partial charge >= 0.3 is 0 Å². The summed E-state index contributed by atoms with van der Waals surface area (Å²) >= 11 is 0. The Balaban J connectivity index is 1.75. The third-order valence-corrected chi connectivity index (χ3v) is 7.21. The van der Waals surface area contributed by atoms with Crippen molar-refractivity contribution in [1.29, 1.82) is 0 Å². The van der Waals surface area contributed by atoms with E-state index in [0.29, 0.717) is 24.6 Å². The Morgan fingerprint density at radius 1 is 1.32 bits per heavy atom. The van der Waals surface area contributed by atoms with Crippen LogP contribution in [0.15, 0.2) is 23.0 Å². The summed E-state index contributed by atoms with van der Waals surface area (Å²) < 4.78 is 7.39. The van der Waals surface area contributed by atoms with Gasteiger partial charge in [-0.2, -0.15) is 0 Å². The molecule has 1 aromatic heterocycles. The molecule has 0 unspecified atom stereocenters. The number of rotatable bonds is 7. The number of ether oxygens (including phenoxy) is 1. The molecule has 1 aromatic rings. The number of allylic oxidation sites excluding steroid dienone is 1. The minimum Gasteiger partial charge on any atom is -0.396 e. The van der Waals surface area contributed by atoms with Crippen LogP contribution in [0.3, 0.4) is 0 Å². The fourth-order valence-corrected chi connectivity index (χ4v) is 5.69. The molecule has 0 spiro atoms. The Hall–Kier alpha value is -1.96. The summed E-state index contributed by atoms with van der Waals surface area (Å²) in [6.45, 7) is 7.45. The number of aromatic nitrogens is 1. The van der Waals surface area contributed by atoms with Crippen LogP contribution in [0.2, 0.25) is 0 Å². The van der Waals surface area contributed by atoms with E-state index in [9.17, 15) is 14.7 Å². The number of nitrogens with one attached hydrogen (secondary N) is 1. The number of aliphatic hydroxyl groups excluding tert-OH is 1. The van der Waals surface area contributed by atoms with Gasteiger partial charge in [-0.3, -0.25) is 14.5 Å².